The molecule has 3 aromatic rings. The monoisotopic (exact) mass is 408 g/mol. The van der Waals surface area contributed by atoms with Crippen LogP contribution in [0.2, 0.25) is 0 Å². The third kappa shape index (κ3) is 4.84. The van der Waals surface area contributed by atoms with Crippen molar-refractivity contribution in [3.63, 3.8) is 0 Å². The van der Waals surface area contributed by atoms with Crippen LogP contribution in [-0.4, -0.2) is 14.3 Å². The van der Waals surface area contributed by atoms with Crippen molar-refractivity contribution in [3.05, 3.63) is 95.1 Å². The number of hydrogen-bond donors (Lipinski definition) is 2. The zero-order valence-corrected chi connectivity index (χ0v) is 17.5. The van der Waals surface area contributed by atoms with Crippen LogP contribution in [0.4, 0.5) is 5.69 Å². The third-order valence-corrected chi connectivity index (χ3v) is 6.20. The molecule has 3 rings (SSSR count). The maximum absolute atomic E-state index is 13.0. The van der Waals surface area contributed by atoms with Gasteiger partial charge in [-0.2, -0.15) is 0 Å². The van der Waals surface area contributed by atoms with Gasteiger partial charge in [0.1, 0.15) is 0 Å². The second kappa shape index (κ2) is 8.49. The highest BCUT2D eigenvalue weighted by Crippen LogP contribution is 2.24. The number of carbonyl (C=O) groups is 1. The normalized spacial score (nSPS) is 12.2. The number of sulfonamides is 1. The highest BCUT2D eigenvalue weighted by atomic mass is 32.2. The minimum absolute atomic E-state index is 0.199. The summed E-state index contributed by atoms with van der Waals surface area (Å²) in [4.78, 5) is 13.0. The molecule has 0 saturated heterocycles. The minimum atomic E-state index is -3.83. The van der Waals surface area contributed by atoms with Gasteiger partial charge in [-0.25, -0.2) is 8.42 Å². The second-order valence-corrected chi connectivity index (χ2v) is 8.68. The molecular formula is C23H24N2O3S. The molecule has 1 amide bonds. The van der Waals surface area contributed by atoms with Crippen LogP contribution in [-0.2, 0) is 10.0 Å². The van der Waals surface area contributed by atoms with E-state index in [0.29, 0.717) is 5.56 Å². The molecule has 2 N–H and O–H groups in total. The third-order valence-electron chi connectivity index (χ3n) is 4.70. The lowest BCUT2D eigenvalue weighted by atomic mass is 10.1. The Morgan fingerprint density at radius 2 is 1.55 bits per heavy atom. The first-order chi connectivity index (χ1) is 13.8. The second-order valence-electron chi connectivity index (χ2n) is 7.03. The molecule has 0 aliphatic carbocycles. The Bertz CT molecular complexity index is 1130. The molecule has 0 spiro atoms. The van der Waals surface area contributed by atoms with Crippen molar-refractivity contribution in [1.82, 2.24) is 5.32 Å². The van der Waals surface area contributed by atoms with Gasteiger partial charge in [0.05, 0.1) is 22.2 Å². The van der Waals surface area contributed by atoms with Gasteiger partial charge < -0.3 is 5.32 Å². The highest BCUT2D eigenvalue weighted by Gasteiger charge is 2.21. The van der Waals surface area contributed by atoms with Crippen molar-refractivity contribution in [2.45, 2.75) is 31.7 Å². The summed E-state index contributed by atoms with van der Waals surface area (Å²) < 4.78 is 28.5. The van der Waals surface area contributed by atoms with E-state index >= 15 is 0 Å². The molecule has 150 valence electrons. The van der Waals surface area contributed by atoms with Crippen molar-refractivity contribution < 1.29 is 13.2 Å². The molecule has 5 nitrogen and oxygen atoms in total. The predicted molar refractivity (Wildman–Crippen MR) is 115 cm³/mol. The van der Waals surface area contributed by atoms with E-state index in [1.807, 2.05) is 50.2 Å². The number of carbonyl (C=O) groups excluding carboxylic acids is 1. The van der Waals surface area contributed by atoms with Gasteiger partial charge in [-0.05, 0) is 55.7 Å². The topological polar surface area (TPSA) is 75.3 Å². The maximum Gasteiger partial charge on any atom is 0.262 e. The number of amides is 1. The summed E-state index contributed by atoms with van der Waals surface area (Å²) in [6.45, 7) is 5.47. The molecule has 6 heteroatoms. The lowest BCUT2D eigenvalue weighted by Crippen LogP contribution is -2.28. The van der Waals surface area contributed by atoms with Crippen LogP contribution >= 0.6 is 0 Å². The Kier molecular flexibility index (Phi) is 6.03. The Morgan fingerprint density at radius 3 is 2.28 bits per heavy atom. The van der Waals surface area contributed by atoms with Gasteiger partial charge in [0, 0.05) is 0 Å². The molecule has 0 unspecified atom stereocenters. The fourth-order valence-corrected chi connectivity index (χ4v) is 4.48. The first kappa shape index (κ1) is 20.6. The minimum Gasteiger partial charge on any atom is -0.345 e. The van der Waals surface area contributed by atoms with Crippen molar-refractivity contribution >= 4 is 21.6 Å². The molecule has 29 heavy (non-hydrogen) atoms. The number of rotatable bonds is 6. The highest BCUT2D eigenvalue weighted by molar-refractivity contribution is 7.92. The van der Waals surface area contributed by atoms with E-state index < -0.39 is 10.0 Å². The average Bonchev–Trinajstić information content (AvgIpc) is 2.70. The molecule has 0 radical (unpaired) electrons. The van der Waals surface area contributed by atoms with E-state index in [0.717, 1.165) is 11.1 Å². The average molecular weight is 409 g/mol. The number of nitrogens with one attached hydrogen (secondary N) is 2. The van der Waals surface area contributed by atoms with Crippen LogP contribution in [0.1, 0.15) is 40.0 Å². The summed E-state index contributed by atoms with van der Waals surface area (Å²) in [5.41, 5.74) is 2.96. The summed E-state index contributed by atoms with van der Waals surface area (Å²) >= 11 is 0. The Balaban J connectivity index is 1.87. The van der Waals surface area contributed by atoms with Crippen LogP contribution < -0.4 is 10.0 Å². The van der Waals surface area contributed by atoms with Crippen molar-refractivity contribution in [3.8, 4) is 0 Å². The van der Waals surface area contributed by atoms with E-state index in [9.17, 15) is 13.2 Å². The first-order valence-corrected chi connectivity index (χ1v) is 10.8. The Labute approximate surface area is 171 Å². The van der Waals surface area contributed by atoms with Gasteiger partial charge in [0.2, 0.25) is 0 Å². The summed E-state index contributed by atoms with van der Waals surface area (Å²) in [5, 5.41) is 2.93. The molecule has 0 aliphatic rings. The lowest BCUT2D eigenvalue weighted by molar-refractivity contribution is 0.0941. The number of hydrogen-bond acceptors (Lipinski definition) is 3. The summed E-state index contributed by atoms with van der Waals surface area (Å²) in [7, 11) is -3.83. The van der Waals surface area contributed by atoms with Gasteiger partial charge in [0.15, 0.2) is 0 Å². The standard InChI is InChI=1S/C23H24N2O3S/c1-16-13-14-17(2)22(15-16)29(27,28)25-21-12-8-7-11-20(21)23(26)24-18(3)19-9-5-4-6-10-19/h4-15,18,25H,1-3H3,(H,24,26)/t18-/m1/s1. The SMILES string of the molecule is Cc1ccc(C)c(S(=O)(=O)Nc2ccccc2C(=O)N[C@H](C)c2ccccc2)c1. The van der Waals surface area contributed by atoms with Crippen LogP contribution in [0.5, 0.6) is 0 Å². The summed E-state index contributed by atoms with van der Waals surface area (Å²) in [6, 6.07) is 21.2. The molecule has 0 aromatic heterocycles. The largest absolute Gasteiger partial charge is 0.345 e. The molecule has 0 aliphatic heterocycles. The molecular weight excluding hydrogens is 384 g/mol. The maximum atomic E-state index is 13.0. The zero-order valence-electron chi connectivity index (χ0n) is 16.6. The van der Waals surface area contributed by atoms with Crippen molar-refractivity contribution in [2.75, 3.05) is 4.72 Å². The summed E-state index contributed by atoms with van der Waals surface area (Å²) in [6.07, 6.45) is 0. The molecule has 1 atom stereocenters. The summed E-state index contributed by atoms with van der Waals surface area (Å²) in [5.74, 6) is -0.347. The van der Waals surface area contributed by atoms with Gasteiger partial charge in [-0.15, -0.1) is 0 Å². The van der Waals surface area contributed by atoms with Crippen LogP contribution in [0.25, 0.3) is 0 Å². The van der Waals surface area contributed by atoms with E-state index in [2.05, 4.69) is 10.0 Å². The number of anilines is 1. The molecule has 0 bridgehead atoms. The number of para-hydroxylation sites is 1. The van der Waals surface area contributed by atoms with Gasteiger partial charge in [0.25, 0.3) is 15.9 Å². The fraction of sp³-hybridized carbons (Fsp3) is 0.174. The van der Waals surface area contributed by atoms with Gasteiger partial charge >= 0.3 is 0 Å². The van der Waals surface area contributed by atoms with E-state index in [-0.39, 0.29) is 28.1 Å². The van der Waals surface area contributed by atoms with Crippen LogP contribution in [0.15, 0.2) is 77.7 Å². The zero-order chi connectivity index (χ0) is 21.0. The van der Waals surface area contributed by atoms with Gasteiger partial charge in [-0.3, -0.25) is 9.52 Å². The number of aryl methyl sites for hydroxylation is 2. The molecule has 0 saturated carbocycles. The van der Waals surface area contributed by atoms with E-state index in [1.165, 1.54) is 0 Å². The smallest absolute Gasteiger partial charge is 0.262 e. The van der Waals surface area contributed by atoms with E-state index in [1.54, 1.807) is 43.3 Å². The van der Waals surface area contributed by atoms with Crippen LogP contribution in [0.3, 0.4) is 0 Å². The Morgan fingerprint density at radius 1 is 0.897 bits per heavy atom. The molecule has 3 aromatic carbocycles. The Hall–Kier alpha value is -3.12. The fourth-order valence-electron chi connectivity index (χ4n) is 3.07. The molecule has 0 heterocycles. The molecule has 0 fully saturated rings. The van der Waals surface area contributed by atoms with Gasteiger partial charge in [-0.1, -0.05) is 54.6 Å². The predicted octanol–water partition coefficient (Wildman–Crippen LogP) is 4.60. The van der Waals surface area contributed by atoms with E-state index in [4.69, 9.17) is 0 Å². The number of benzene rings is 3. The van der Waals surface area contributed by atoms with Crippen LogP contribution in [0, 0.1) is 13.8 Å². The quantitative estimate of drug-likeness (QED) is 0.626. The van der Waals surface area contributed by atoms with Crippen molar-refractivity contribution in [1.29, 1.82) is 0 Å². The lowest BCUT2D eigenvalue weighted by Gasteiger charge is -2.17. The first-order valence-electron chi connectivity index (χ1n) is 9.33. The van der Waals surface area contributed by atoms with Crippen molar-refractivity contribution in [2.24, 2.45) is 0 Å².